The van der Waals surface area contributed by atoms with E-state index >= 15 is 0 Å². The lowest BCUT2D eigenvalue weighted by atomic mass is 10.2. The Morgan fingerprint density at radius 3 is 2.21 bits per heavy atom. The SMILES string of the molecule is CN=C(NCCCCOCCc1ccccc1)NCCOc1ccccc1.I. The summed E-state index contributed by atoms with van der Waals surface area (Å²) >= 11 is 0. The summed E-state index contributed by atoms with van der Waals surface area (Å²) in [6.45, 7) is 3.76. The number of ether oxygens (including phenoxy) is 2. The number of unbranched alkanes of at least 4 members (excludes halogenated alkanes) is 1. The Labute approximate surface area is 186 Å². The van der Waals surface area contributed by atoms with Gasteiger partial charge in [-0.1, -0.05) is 48.5 Å². The van der Waals surface area contributed by atoms with E-state index < -0.39 is 0 Å². The molecule has 0 fully saturated rings. The number of hydrogen-bond acceptors (Lipinski definition) is 3. The van der Waals surface area contributed by atoms with Crippen molar-refractivity contribution in [1.29, 1.82) is 0 Å². The standard InChI is InChI=1S/C22H31N3O2.HI/c1-23-22(25-16-19-27-21-12-6-3-7-13-21)24-15-8-9-17-26-18-14-20-10-4-2-5-11-20;/h2-7,10-13H,8-9,14-19H2,1H3,(H2,23,24,25);1H. The molecule has 2 aromatic rings. The van der Waals surface area contributed by atoms with Gasteiger partial charge in [0, 0.05) is 20.2 Å². The van der Waals surface area contributed by atoms with E-state index in [-0.39, 0.29) is 24.0 Å². The quantitative estimate of drug-likeness (QED) is 0.202. The predicted octanol–water partition coefficient (Wildman–Crippen LogP) is 3.89. The Morgan fingerprint density at radius 1 is 0.821 bits per heavy atom. The number of guanidine groups is 1. The summed E-state index contributed by atoms with van der Waals surface area (Å²) in [5.74, 6) is 1.69. The van der Waals surface area contributed by atoms with Gasteiger partial charge in [-0.05, 0) is 37.0 Å². The van der Waals surface area contributed by atoms with Gasteiger partial charge in [0.2, 0.25) is 0 Å². The zero-order valence-corrected chi connectivity index (χ0v) is 18.9. The minimum absolute atomic E-state index is 0. The molecule has 0 radical (unpaired) electrons. The molecule has 0 saturated carbocycles. The Balaban J connectivity index is 0.00000392. The van der Waals surface area contributed by atoms with Gasteiger partial charge in [-0.15, -0.1) is 24.0 Å². The molecule has 0 bridgehead atoms. The summed E-state index contributed by atoms with van der Waals surface area (Å²) in [7, 11) is 1.78. The molecule has 2 N–H and O–H groups in total. The highest BCUT2D eigenvalue weighted by molar-refractivity contribution is 14.0. The third kappa shape index (κ3) is 11.1. The fraction of sp³-hybridized carbons (Fsp3) is 0.409. The molecule has 0 aliphatic carbocycles. The number of nitrogens with one attached hydrogen (secondary N) is 2. The molecular weight excluding hydrogens is 465 g/mol. The molecule has 0 aromatic heterocycles. The maximum absolute atomic E-state index is 5.70. The van der Waals surface area contributed by atoms with Crippen molar-refractivity contribution in [3.05, 3.63) is 66.2 Å². The van der Waals surface area contributed by atoms with Crippen molar-refractivity contribution >= 4 is 29.9 Å². The van der Waals surface area contributed by atoms with E-state index in [9.17, 15) is 0 Å². The summed E-state index contributed by atoms with van der Waals surface area (Å²) in [6.07, 6.45) is 3.06. The van der Waals surface area contributed by atoms with Crippen LogP contribution in [0.4, 0.5) is 0 Å². The molecule has 154 valence electrons. The lowest BCUT2D eigenvalue weighted by molar-refractivity contribution is 0.133. The van der Waals surface area contributed by atoms with Crippen LogP contribution in [0.2, 0.25) is 0 Å². The summed E-state index contributed by atoms with van der Waals surface area (Å²) in [6, 6.07) is 20.3. The molecule has 0 atom stereocenters. The highest BCUT2D eigenvalue weighted by Gasteiger charge is 1.98. The Kier molecular flexibility index (Phi) is 14.0. The van der Waals surface area contributed by atoms with Gasteiger partial charge in [-0.2, -0.15) is 0 Å². The molecule has 0 heterocycles. The molecule has 2 rings (SSSR count). The van der Waals surface area contributed by atoms with Crippen molar-refractivity contribution in [2.75, 3.05) is 40.0 Å². The van der Waals surface area contributed by atoms with Crippen LogP contribution in [0.25, 0.3) is 0 Å². The van der Waals surface area contributed by atoms with Crippen molar-refractivity contribution in [2.45, 2.75) is 19.3 Å². The highest BCUT2D eigenvalue weighted by Crippen LogP contribution is 2.07. The Hall–Kier alpha value is -1.80. The fourth-order valence-corrected chi connectivity index (χ4v) is 2.55. The fourth-order valence-electron chi connectivity index (χ4n) is 2.55. The van der Waals surface area contributed by atoms with E-state index in [1.165, 1.54) is 5.56 Å². The molecule has 0 spiro atoms. The second-order valence-corrected chi connectivity index (χ2v) is 6.14. The monoisotopic (exact) mass is 497 g/mol. The summed E-state index contributed by atoms with van der Waals surface area (Å²) < 4.78 is 11.4. The summed E-state index contributed by atoms with van der Waals surface area (Å²) in [4.78, 5) is 4.22. The highest BCUT2D eigenvalue weighted by atomic mass is 127. The van der Waals surface area contributed by atoms with Crippen molar-refractivity contribution in [1.82, 2.24) is 10.6 Å². The van der Waals surface area contributed by atoms with Crippen LogP contribution in [0, 0.1) is 0 Å². The van der Waals surface area contributed by atoms with Crippen LogP contribution in [0.5, 0.6) is 5.75 Å². The van der Waals surface area contributed by atoms with Crippen LogP contribution in [-0.2, 0) is 11.2 Å². The van der Waals surface area contributed by atoms with Gasteiger partial charge in [0.15, 0.2) is 5.96 Å². The van der Waals surface area contributed by atoms with E-state index in [1.54, 1.807) is 7.05 Å². The normalized spacial score (nSPS) is 10.8. The number of nitrogens with zero attached hydrogens (tertiary/aromatic N) is 1. The first-order valence-electron chi connectivity index (χ1n) is 9.62. The molecule has 0 saturated heterocycles. The average molecular weight is 497 g/mol. The van der Waals surface area contributed by atoms with Crippen LogP contribution in [0.3, 0.4) is 0 Å². The van der Waals surface area contributed by atoms with Crippen molar-refractivity contribution in [3.8, 4) is 5.75 Å². The third-order valence-electron chi connectivity index (χ3n) is 4.02. The maximum Gasteiger partial charge on any atom is 0.191 e. The molecule has 5 nitrogen and oxygen atoms in total. The summed E-state index contributed by atoms with van der Waals surface area (Å²) in [5.41, 5.74) is 1.32. The molecule has 0 aliphatic heterocycles. The topological polar surface area (TPSA) is 54.9 Å². The molecule has 0 aliphatic rings. The molecule has 28 heavy (non-hydrogen) atoms. The molecule has 6 heteroatoms. The van der Waals surface area contributed by atoms with Crippen molar-refractivity contribution in [2.24, 2.45) is 4.99 Å². The number of hydrogen-bond donors (Lipinski definition) is 2. The number of para-hydroxylation sites is 1. The van der Waals surface area contributed by atoms with E-state index in [0.717, 1.165) is 50.7 Å². The van der Waals surface area contributed by atoms with Gasteiger partial charge < -0.3 is 20.1 Å². The van der Waals surface area contributed by atoms with Crippen LogP contribution < -0.4 is 15.4 Å². The van der Waals surface area contributed by atoms with Gasteiger partial charge in [-0.3, -0.25) is 4.99 Å². The maximum atomic E-state index is 5.70. The van der Waals surface area contributed by atoms with Gasteiger partial charge in [0.05, 0.1) is 13.2 Å². The first-order valence-corrected chi connectivity index (χ1v) is 9.62. The predicted molar refractivity (Wildman–Crippen MR) is 127 cm³/mol. The smallest absolute Gasteiger partial charge is 0.191 e. The van der Waals surface area contributed by atoms with Crippen LogP contribution >= 0.6 is 24.0 Å². The van der Waals surface area contributed by atoms with E-state index in [2.05, 4.69) is 39.9 Å². The minimum Gasteiger partial charge on any atom is -0.492 e. The number of aliphatic imine (C=N–C) groups is 1. The molecule has 0 unspecified atom stereocenters. The van der Waals surface area contributed by atoms with E-state index in [4.69, 9.17) is 9.47 Å². The summed E-state index contributed by atoms with van der Waals surface area (Å²) in [5, 5.41) is 6.56. The lowest BCUT2D eigenvalue weighted by Crippen LogP contribution is -2.39. The third-order valence-corrected chi connectivity index (χ3v) is 4.02. The largest absolute Gasteiger partial charge is 0.492 e. The second-order valence-electron chi connectivity index (χ2n) is 6.14. The van der Waals surface area contributed by atoms with Crippen molar-refractivity contribution in [3.63, 3.8) is 0 Å². The number of rotatable bonds is 12. The molecule has 0 amide bonds. The van der Waals surface area contributed by atoms with Crippen molar-refractivity contribution < 1.29 is 9.47 Å². The van der Waals surface area contributed by atoms with E-state index in [1.807, 2.05) is 36.4 Å². The molecular formula is C22H32IN3O2. The first-order chi connectivity index (χ1) is 13.4. The Morgan fingerprint density at radius 2 is 1.50 bits per heavy atom. The van der Waals surface area contributed by atoms with Gasteiger partial charge in [0.25, 0.3) is 0 Å². The van der Waals surface area contributed by atoms with Gasteiger partial charge >= 0.3 is 0 Å². The average Bonchev–Trinajstić information content (AvgIpc) is 2.73. The zero-order valence-electron chi connectivity index (χ0n) is 16.6. The van der Waals surface area contributed by atoms with Crippen LogP contribution in [0.15, 0.2) is 65.7 Å². The molecule has 2 aromatic carbocycles. The Bertz CT molecular complexity index is 639. The van der Waals surface area contributed by atoms with Crippen LogP contribution in [0.1, 0.15) is 18.4 Å². The number of benzene rings is 2. The second kappa shape index (κ2) is 16.2. The van der Waals surface area contributed by atoms with Gasteiger partial charge in [-0.25, -0.2) is 0 Å². The zero-order chi connectivity index (χ0) is 19.0. The van der Waals surface area contributed by atoms with Gasteiger partial charge in [0.1, 0.15) is 12.4 Å². The first kappa shape index (κ1) is 24.2. The van der Waals surface area contributed by atoms with E-state index in [0.29, 0.717) is 13.2 Å². The minimum atomic E-state index is 0. The lowest BCUT2D eigenvalue weighted by Gasteiger charge is -2.12. The van der Waals surface area contributed by atoms with Crippen LogP contribution in [-0.4, -0.2) is 45.9 Å². The number of halogens is 1.